The molecule has 19 heavy (non-hydrogen) atoms. The summed E-state index contributed by atoms with van der Waals surface area (Å²) in [7, 11) is -2.21. The highest BCUT2D eigenvalue weighted by Gasteiger charge is 2.40. The number of carboxylic acid groups (broad SMARTS) is 1. The molecule has 2 N–H and O–H groups in total. The molecule has 1 aromatic rings. The van der Waals surface area contributed by atoms with Gasteiger partial charge in [0.1, 0.15) is 0 Å². The molecule has 1 heterocycles. The van der Waals surface area contributed by atoms with Crippen LogP contribution < -0.4 is 4.72 Å². The lowest BCUT2D eigenvalue weighted by molar-refractivity contribution is -0.138. The fourth-order valence-electron chi connectivity index (χ4n) is 2.62. The Morgan fingerprint density at radius 2 is 2.16 bits per heavy atom. The van der Waals surface area contributed by atoms with Gasteiger partial charge in [0.05, 0.1) is 12.6 Å². The summed E-state index contributed by atoms with van der Waals surface area (Å²) >= 11 is 0. The minimum absolute atomic E-state index is 0.0455. The number of hydrogen-bond donors (Lipinski definition) is 2. The number of sulfonamides is 1. The highest BCUT2D eigenvalue weighted by atomic mass is 32.2. The number of hydrogen-bond acceptors (Lipinski definition) is 4. The fourth-order valence-corrected chi connectivity index (χ4v) is 4.20. The maximum absolute atomic E-state index is 12.3. The van der Waals surface area contributed by atoms with Gasteiger partial charge in [-0.25, -0.2) is 13.1 Å². The maximum atomic E-state index is 12.3. The molecule has 0 saturated heterocycles. The normalized spacial score (nSPS) is 18.6. The molecular weight excluding hydrogens is 270 g/mol. The first-order valence-corrected chi connectivity index (χ1v) is 7.57. The Balaban J connectivity index is 2.27. The molecule has 0 bridgehead atoms. The van der Waals surface area contributed by atoms with E-state index in [0.29, 0.717) is 12.8 Å². The number of aryl methyl sites for hydroxylation is 1. The van der Waals surface area contributed by atoms with Crippen molar-refractivity contribution in [1.82, 2.24) is 14.5 Å². The van der Waals surface area contributed by atoms with Crippen molar-refractivity contribution < 1.29 is 18.3 Å². The summed E-state index contributed by atoms with van der Waals surface area (Å²) in [6.45, 7) is 0. The van der Waals surface area contributed by atoms with E-state index >= 15 is 0 Å². The van der Waals surface area contributed by atoms with E-state index in [4.69, 9.17) is 5.11 Å². The first-order chi connectivity index (χ1) is 8.85. The molecule has 0 aliphatic heterocycles. The second kappa shape index (κ2) is 4.93. The van der Waals surface area contributed by atoms with Gasteiger partial charge < -0.3 is 5.11 Å². The third-order valence-electron chi connectivity index (χ3n) is 3.45. The standard InChI is InChI=1S/C11H17N3O4S/c1-14-9(4-7-12-14)19(17,18)13-11(8-10(15)16)5-2-3-6-11/h4,7,13H,2-3,5-6,8H2,1H3,(H,15,16). The van der Waals surface area contributed by atoms with Gasteiger partial charge in [0.25, 0.3) is 10.0 Å². The first-order valence-electron chi connectivity index (χ1n) is 6.08. The highest BCUT2D eigenvalue weighted by Crippen LogP contribution is 2.34. The molecule has 0 aromatic carbocycles. The van der Waals surface area contributed by atoms with Gasteiger partial charge in [0.15, 0.2) is 5.03 Å². The van der Waals surface area contributed by atoms with Gasteiger partial charge in [-0.15, -0.1) is 0 Å². The van der Waals surface area contributed by atoms with Gasteiger partial charge in [-0.2, -0.15) is 5.10 Å². The van der Waals surface area contributed by atoms with E-state index in [2.05, 4.69) is 9.82 Å². The zero-order chi connectivity index (χ0) is 14.1. The molecule has 0 radical (unpaired) electrons. The zero-order valence-corrected chi connectivity index (χ0v) is 11.5. The third-order valence-corrected chi connectivity index (χ3v) is 5.11. The molecule has 0 unspecified atom stereocenters. The third kappa shape index (κ3) is 2.95. The molecule has 7 nitrogen and oxygen atoms in total. The summed E-state index contributed by atoms with van der Waals surface area (Å²) in [5.41, 5.74) is -0.866. The van der Waals surface area contributed by atoms with Crippen LogP contribution in [0.1, 0.15) is 32.1 Å². The number of carboxylic acids is 1. The molecule has 8 heteroatoms. The number of aromatic nitrogens is 2. The minimum atomic E-state index is -3.75. The average Bonchev–Trinajstić information content (AvgIpc) is 2.86. The van der Waals surface area contributed by atoms with Crippen LogP contribution in [0, 0.1) is 0 Å². The summed E-state index contributed by atoms with van der Waals surface area (Å²) in [4.78, 5) is 10.9. The van der Waals surface area contributed by atoms with Crippen LogP contribution in [0.4, 0.5) is 0 Å². The number of rotatable bonds is 5. The molecule has 0 spiro atoms. The molecule has 0 atom stereocenters. The van der Waals surface area contributed by atoms with Crippen LogP contribution in [0.5, 0.6) is 0 Å². The van der Waals surface area contributed by atoms with Gasteiger partial charge >= 0.3 is 5.97 Å². The van der Waals surface area contributed by atoms with Gasteiger partial charge in [-0.1, -0.05) is 12.8 Å². The number of nitrogens with one attached hydrogen (secondary N) is 1. The van der Waals surface area contributed by atoms with E-state index in [9.17, 15) is 13.2 Å². The monoisotopic (exact) mass is 287 g/mol. The molecular formula is C11H17N3O4S. The fraction of sp³-hybridized carbons (Fsp3) is 0.636. The first kappa shape index (κ1) is 14.0. The zero-order valence-electron chi connectivity index (χ0n) is 10.7. The largest absolute Gasteiger partial charge is 0.481 e. The van der Waals surface area contributed by atoms with Crippen molar-refractivity contribution in [3.63, 3.8) is 0 Å². The predicted octanol–water partition coefficient (Wildman–Crippen LogP) is 0.486. The van der Waals surface area contributed by atoms with Crippen molar-refractivity contribution in [2.75, 3.05) is 0 Å². The Bertz CT molecular complexity index is 573. The highest BCUT2D eigenvalue weighted by molar-refractivity contribution is 7.89. The van der Waals surface area contributed by atoms with Crippen molar-refractivity contribution >= 4 is 16.0 Å². The lowest BCUT2D eigenvalue weighted by Gasteiger charge is -2.28. The average molecular weight is 287 g/mol. The minimum Gasteiger partial charge on any atom is -0.481 e. The Morgan fingerprint density at radius 3 is 2.63 bits per heavy atom. The number of carbonyl (C=O) groups is 1. The predicted molar refractivity (Wildman–Crippen MR) is 67.0 cm³/mol. The van der Waals surface area contributed by atoms with Crippen LogP contribution in [-0.2, 0) is 21.9 Å². The van der Waals surface area contributed by atoms with Crippen molar-refractivity contribution in [3.05, 3.63) is 12.3 Å². The molecule has 1 fully saturated rings. The van der Waals surface area contributed by atoms with Crippen LogP contribution in [0.2, 0.25) is 0 Å². The Labute approximate surface area is 111 Å². The van der Waals surface area contributed by atoms with Gasteiger partial charge in [0, 0.05) is 12.6 Å². The van der Waals surface area contributed by atoms with Crippen LogP contribution in [0.3, 0.4) is 0 Å². The molecule has 2 rings (SSSR count). The van der Waals surface area contributed by atoms with Crippen LogP contribution in [-0.4, -0.2) is 34.8 Å². The topological polar surface area (TPSA) is 101 Å². The molecule has 0 amide bonds. The van der Waals surface area contributed by atoms with E-state index in [1.54, 1.807) is 0 Å². The van der Waals surface area contributed by atoms with Gasteiger partial charge in [-0.3, -0.25) is 9.48 Å². The molecule has 1 aromatic heterocycles. The Hall–Kier alpha value is -1.41. The molecule has 1 aliphatic rings. The quantitative estimate of drug-likeness (QED) is 0.820. The summed E-state index contributed by atoms with van der Waals surface area (Å²) in [5, 5.41) is 12.8. The van der Waals surface area contributed by atoms with Crippen molar-refractivity contribution in [2.24, 2.45) is 7.05 Å². The summed E-state index contributed by atoms with van der Waals surface area (Å²) in [5.74, 6) is -0.991. The second-order valence-corrected chi connectivity index (χ2v) is 6.59. The van der Waals surface area contributed by atoms with E-state index in [0.717, 1.165) is 12.8 Å². The Kier molecular flexibility index (Phi) is 3.64. The van der Waals surface area contributed by atoms with E-state index < -0.39 is 21.5 Å². The summed E-state index contributed by atoms with van der Waals surface area (Å²) < 4.78 is 28.4. The lowest BCUT2D eigenvalue weighted by Crippen LogP contribution is -2.48. The molecule has 106 valence electrons. The number of aliphatic carboxylic acids is 1. The van der Waals surface area contributed by atoms with Crippen LogP contribution >= 0.6 is 0 Å². The maximum Gasteiger partial charge on any atom is 0.305 e. The Morgan fingerprint density at radius 1 is 1.53 bits per heavy atom. The van der Waals surface area contributed by atoms with Gasteiger partial charge in [-0.05, 0) is 18.9 Å². The van der Waals surface area contributed by atoms with Crippen molar-refractivity contribution in [2.45, 2.75) is 42.7 Å². The number of nitrogens with zero attached hydrogens (tertiary/aromatic N) is 2. The van der Waals surface area contributed by atoms with E-state index in [1.807, 2.05) is 0 Å². The van der Waals surface area contributed by atoms with Gasteiger partial charge in [0.2, 0.25) is 0 Å². The van der Waals surface area contributed by atoms with Crippen molar-refractivity contribution in [1.29, 1.82) is 0 Å². The van der Waals surface area contributed by atoms with E-state index in [-0.39, 0.29) is 11.4 Å². The molecule has 1 aliphatic carbocycles. The van der Waals surface area contributed by atoms with Crippen molar-refractivity contribution in [3.8, 4) is 0 Å². The summed E-state index contributed by atoms with van der Waals surface area (Å²) in [6, 6.07) is 1.39. The SMILES string of the molecule is Cn1nccc1S(=O)(=O)NC1(CC(=O)O)CCCC1. The van der Waals surface area contributed by atoms with Crippen LogP contribution in [0.25, 0.3) is 0 Å². The second-order valence-electron chi connectivity index (χ2n) is 4.96. The van der Waals surface area contributed by atoms with E-state index in [1.165, 1.54) is 24.0 Å². The summed E-state index contributed by atoms with van der Waals surface area (Å²) in [6.07, 6.45) is 3.98. The molecule has 1 saturated carbocycles. The lowest BCUT2D eigenvalue weighted by atomic mass is 9.95. The smallest absolute Gasteiger partial charge is 0.305 e. The van der Waals surface area contributed by atoms with Crippen LogP contribution in [0.15, 0.2) is 17.3 Å².